The van der Waals surface area contributed by atoms with Crippen LogP contribution in [0.1, 0.15) is 31.1 Å². The van der Waals surface area contributed by atoms with E-state index in [4.69, 9.17) is 10.5 Å². The number of methoxy groups -OCH3 is 1. The standard InChI is InChI=1S/C16H21N5O2/c1-16(2,3)21-14-12(17)13(18-9-19-14)20-11-8-6-5-7-10(11)15(22)23-4/h5-9H,17H2,1-4H3,(H2,18,19,20,21). The molecular formula is C16H21N5O2. The lowest BCUT2D eigenvalue weighted by molar-refractivity contribution is 0.0602. The minimum absolute atomic E-state index is 0.191. The van der Waals surface area contributed by atoms with Crippen molar-refractivity contribution in [1.29, 1.82) is 0 Å². The van der Waals surface area contributed by atoms with E-state index in [1.807, 2.05) is 20.8 Å². The van der Waals surface area contributed by atoms with Gasteiger partial charge in [-0.3, -0.25) is 0 Å². The van der Waals surface area contributed by atoms with Crippen LogP contribution in [0, 0.1) is 0 Å². The highest BCUT2D eigenvalue weighted by atomic mass is 16.5. The van der Waals surface area contributed by atoms with Crippen LogP contribution in [-0.2, 0) is 4.74 Å². The van der Waals surface area contributed by atoms with E-state index >= 15 is 0 Å². The van der Waals surface area contributed by atoms with E-state index in [-0.39, 0.29) is 5.54 Å². The van der Waals surface area contributed by atoms with E-state index in [1.165, 1.54) is 13.4 Å². The number of aromatic nitrogens is 2. The molecule has 0 atom stereocenters. The van der Waals surface area contributed by atoms with Gasteiger partial charge < -0.3 is 21.1 Å². The Morgan fingerprint density at radius 3 is 2.48 bits per heavy atom. The average Bonchev–Trinajstić information content (AvgIpc) is 2.50. The van der Waals surface area contributed by atoms with E-state index in [9.17, 15) is 4.79 Å². The normalized spacial score (nSPS) is 11.0. The number of nitrogens with two attached hydrogens (primary N) is 1. The number of hydrogen-bond donors (Lipinski definition) is 3. The molecule has 0 spiro atoms. The van der Waals surface area contributed by atoms with Crippen LogP contribution >= 0.6 is 0 Å². The largest absolute Gasteiger partial charge is 0.465 e. The van der Waals surface area contributed by atoms with E-state index in [2.05, 4.69) is 20.6 Å². The molecule has 0 saturated heterocycles. The first kappa shape index (κ1) is 16.5. The fourth-order valence-corrected chi connectivity index (χ4v) is 1.96. The van der Waals surface area contributed by atoms with Gasteiger partial charge in [0.2, 0.25) is 0 Å². The smallest absolute Gasteiger partial charge is 0.339 e. The highest BCUT2D eigenvalue weighted by Gasteiger charge is 2.17. The molecule has 0 radical (unpaired) electrons. The summed E-state index contributed by atoms with van der Waals surface area (Å²) in [5.41, 5.74) is 7.28. The third-order valence-electron chi connectivity index (χ3n) is 2.96. The highest BCUT2D eigenvalue weighted by molar-refractivity contribution is 5.97. The Kier molecular flexibility index (Phi) is 4.68. The molecule has 0 aliphatic carbocycles. The molecule has 7 nitrogen and oxygen atoms in total. The fourth-order valence-electron chi connectivity index (χ4n) is 1.96. The number of hydrogen-bond acceptors (Lipinski definition) is 7. The van der Waals surface area contributed by atoms with Gasteiger partial charge in [0.25, 0.3) is 0 Å². The first-order valence-electron chi connectivity index (χ1n) is 7.15. The molecule has 7 heteroatoms. The van der Waals surface area contributed by atoms with Crippen LogP contribution in [0.15, 0.2) is 30.6 Å². The van der Waals surface area contributed by atoms with Gasteiger partial charge in [-0.25, -0.2) is 14.8 Å². The number of carbonyl (C=O) groups is 1. The van der Waals surface area contributed by atoms with E-state index in [1.54, 1.807) is 24.3 Å². The van der Waals surface area contributed by atoms with Crippen molar-refractivity contribution in [3.63, 3.8) is 0 Å². The number of nitrogens with one attached hydrogen (secondary N) is 2. The van der Waals surface area contributed by atoms with Crippen LogP contribution in [0.25, 0.3) is 0 Å². The van der Waals surface area contributed by atoms with Gasteiger partial charge in [0.15, 0.2) is 11.6 Å². The molecule has 0 fully saturated rings. The van der Waals surface area contributed by atoms with Crippen LogP contribution < -0.4 is 16.4 Å². The van der Waals surface area contributed by atoms with Crippen molar-refractivity contribution >= 4 is 29.0 Å². The Hall–Kier alpha value is -2.83. The Balaban J connectivity index is 2.35. The number of benzene rings is 1. The molecule has 2 aromatic rings. The third kappa shape index (κ3) is 4.09. The lowest BCUT2D eigenvalue weighted by atomic mass is 10.1. The molecule has 0 saturated carbocycles. The summed E-state index contributed by atoms with van der Waals surface area (Å²) in [5, 5.41) is 6.28. The molecule has 2 rings (SSSR count). The number of ether oxygens (including phenoxy) is 1. The van der Waals surface area contributed by atoms with Gasteiger partial charge in [-0.05, 0) is 32.9 Å². The summed E-state index contributed by atoms with van der Waals surface area (Å²) in [6.07, 6.45) is 1.41. The number of rotatable bonds is 4. The number of carbonyl (C=O) groups excluding carboxylic acids is 1. The Bertz CT molecular complexity index is 710. The van der Waals surface area contributed by atoms with E-state index < -0.39 is 5.97 Å². The number of anilines is 4. The average molecular weight is 315 g/mol. The van der Waals surface area contributed by atoms with Crippen molar-refractivity contribution in [2.75, 3.05) is 23.5 Å². The van der Waals surface area contributed by atoms with Crippen molar-refractivity contribution in [2.45, 2.75) is 26.3 Å². The summed E-state index contributed by atoms with van der Waals surface area (Å²) in [4.78, 5) is 20.1. The molecular weight excluding hydrogens is 294 g/mol. The van der Waals surface area contributed by atoms with Crippen LogP contribution in [0.4, 0.5) is 23.0 Å². The SMILES string of the molecule is COC(=O)c1ccccc1Nc1ncnc(NC(C)(C)C)c1N. The predicted molar refractivity (Wildman–Crippen MR) is 90.9 cm³/mol. The molecule has 1 aromatic carbocycles. The number of nitrogens with zero attached hydrogens (tertiary/aromatic N) is 2. The molecule has 0 unspecified atom stereocenters. The molecule has 1 heterocycles. The number of para-hydroxylation sites is 1. The van der Waals surface area contributed by atoms with Gasteiger partial charge in [0.1, 0.15) is 12.0 Å². The first-order valence-corrected chi connectivity index (χ1v) is 7.15. The minimum Gasteiger partial charge on any atom is -0.465 e. The zero-order valence-electron chi connectivity index (χ0n) is 13.7. The van der Waals surface area contributed by atoms with Gasteiger partial charge in [-0.15, -0.1) is 0 Å². The minimum atomic E-state index is -0.436. The molecule has 0 amide bonds. The van der Waals surface area contributed by atoms with Crippen LogP contribution in [0.5, 0.6) is 0 Å². The maximum Gasteiger partial charge on any atom is 0.339 e. The topological polar surface area (TPSA) is 102 Å². The van der Waals surface area contributed by atoms with Crippen molar-refractivity contribution in [3.05, 3.63) is 36.2 Å². The summed E-state index contributed by atoms with van der Waals surface area (Å²) >= 11 is 0. The van der Waals surface area contributed by atoms with Crippen molar-refractivity contribution in [2.24, 2.45) is 0 Å². The molecule has 0 aliphatic rings. The maximum absolute atomic E-state index is 11.8. The summed E-state index contributed by atoms with van der Waals surface area (Å²) in [6, 6.07) is 6.98. The molecule has 122 valence electrons. The summed E-state index contributed by atoms with van der Waals surface area (Å²) in [6.45, 7) is 6.02. The summed E-state index contributed by atoms with van der Waals surface area (Å²) in [5.74, 6) is 0.516. The quantitative estimate of drug-likeness (QED) is 0.745. The Morgan fingerprint density at radius 2 is 1.83 bits per heavy atom. The lowest BCUT2D eigenvalue weighted by Crippen LogP contribution is -2.27. The second-order valence-electron chi connectivity index (χ2n) is 6.02. The monoisotopic (exact) mass is 315 g/mol. The lowest BCUT2D eigenvalue weighted by Gasteiger charge is -2.23. The second kappa shape index (κ2) is 6.51. The van der Waals surface area contributed by atoms with E-state index in [0.29, 0.717) is 28.6 Å². The summed E-state index contributed by atoms with van der Waals surface area (Å²) < 4.78 is 4.78. The third-order valence-corrected chi connectivity index (χ3v) is 2.96. The van der Waals surface area contributed by atoms with Crippen molar-refractivity contribution < 1.29 is 9.53 Å². The van der Waals surface area contributed by atoms with Crippen LogP contribution in [-0.4, -0.2) is 28.6 Å². The second-order valence-corrected chi connectivity index (χ2v) is 6.02. The molecule has 1 aromatic heterocycles. The van der Waals surface area contributed by atoms with Gasteiger partial charge >= 0.3 is 5.97 Å². The molecule has 4 N–H and O–H groups in total. The predicted octanol–water partition coefficient (Wildman–Crippen LogP) is 2.80. The summed E-state index contributed by atoms with van der Waals surface area (Å²) in [7, 11) is 1.34. The van der Waals surface area contributed by atoms with Crippen LogP contribution in [0.2, 0.25) is 0 Å². The van der Waals surface area contributed by atoms with Gasteiger partial charge in [-0.2, -0.15) is 0 Å². The number of esters is 1. The highest BCUT2D eigenvalue weighted by Crippen LogP contribution is 2.29. The van der Waals surface area contributed by atoms with Gasteiger partial charge in [0, 0.05) is 5.54 Å². The van der Waals surface area contributed by atoms with Crippen molar-refractivity contribution in [3.8, 4) is 0 Å². The van der Waals surface area contributed by atoms with Crippen LogP contribution in [0.3, 0.4) is 0 Å². The number of nitrogen functional groups attached to an aromatic ring is 1. The first-order chi connectivity index (χ1) is 10.8. The van der Waals surface area contributed by atoms with E-state index in [0.717, 1.165) is 0 Å². The molecule has 23 heavy (non-hydrogen) atoms. The molecule has 0 aliphatic heterocycles. The van der Waals surface area contributed by atoms with Gasteiger partial charge in [-0.1, -0.05) is 12.1 Å². The van der Waals surface area contributed by atoms with Gasteiger partial charge in [0.05, 0.1) is 18.4 Å². The maximum atomic E-state index is 11.8. The Labute approximate surface area is 135 Å². The zero-order chi connectivity index (χ0) is 17.0. The Morgan fingerprint density at radius 1 is 1.17 bits per heavy atom. The fraction of sp³-hybridized carbons (Fsp3) is 0.312. The van der Waals surface area contributed by atoms with Crippen molar-refractivity contribution in [1.82, 2.24) is 9.97 Å². The molecule has 0 bridgehead atoms. The zero-order valence-corrected chi connectivity index (χ0v) is 13.7.